The minimum absolute atomic E-state index is 0.635. The SMILES string of the molecule is C=C(N)/C(=C/C)c1ccc(C)cc1CC. The molecular weight excluding hydrogens is 182 g/mol. The van der Waals surface area contributed by atoms with Crippen LogP contribution in [0.25, 0.3) is 5.57 Å². The second kappa shape index (κ2) is 4.83. The van der Waals surface area contributed by atoms with Crippen LogP contribution in [-0.2, 0) is 6.42 Å². The molecule has 0 amide bonds. The van der Waals surface area contributed by atoms with Crippen molar-refractivity contribution in [2.45, 2.75) is 27.2 Å². The lowest BCUT2D eigenvalue weighted by atomic mass is 9.95. The van der Waals surface area contributed by atoms with Gasteiger partial charge in [0.1, 0.15) is 0 Å². The summed E-state index contributed by atoms with van der Waals surface area (Å²) in [5.74, 6) is 0. The van der Waals surface area contributed by atoms with E-state index < -0.39 is 0 Å². The number of hydrogen-bond acceptors (Lipinski definition) is 1. The zero-order chi connectivity index (χ0) is 11.4. The fraction of sp³-hybridized carbons (Fsp3) is 0.286. The van der Waals surface area contributed by atoms with Crippen molar-refractivity contribution in [1.29, 1.82) is 0 Å². The van der Waals surface area contributed by atoms with Crippen LogP contribution in [0.2, 0.25) is 0 Å². The van der Waals surface area contributed by atoms with Crippen molar-refractivity contribution in [3.05, 3.63) is 53.2 Å². The number of allylic oxidation sites excluding steroid dienone is 2. The number of nitrogens with two attached hydrogens (primary N) is 1. The Labute approximate surface area is 92.3 Å². The Morgan fingerprint density at radius 1 is 1.47 bits per heavy atom. The van der Waals surface area contributed by atoms with Crippen molar-refractivity contribution in [1.82, 2.24) is 0 Å². The molecule has 1 aromatic carbocycles. The highest BCUT2D eigenvalue weighted by molar-refractivity contribution is 5.79. The molecule has 0 aliphatic carbocycles. The van der Waals surface area contributed by atoms with Gasteiger partial charge in [-0.1, -0.05) is 43.3 Å². The minimum Gasteiger partial charge on any atom is -0.399 e. The second-order valence-electron chi connectivity index (χ2n) is 3.74. The predicted molar refractivity (Wildman–Crippen MR) is 67.5 cm³/mol. The van der Waals surface area contributed by atoms with Crippen molar-refractivity contribution in [3.63, 3.8) is 0 Å². The lowest BCUT2D eigenvalue weighted by Crippen LogP contribution is -2.01. The monoisotopic (exact) mass is 201 g/mol. The highest BCUT2D eigenvalue weighted by atomic mass is 14.6. The highest BCUT2D eigenvalue weighted by Crippen LogP contribution is 2.24. The number of hydrogen-bond donors (Lipinski definition) is 1. The first-order valence-electron chi connectivity index (χ1n) is 5.31. The molecule has 2 N–H and O–H groups in total. The second-order valence-corrected chi connectivity index (χ2v) is 3.74. The fourth-order valence-electron chi connectivity index (χ4n) is 1.79. The summed E-state index contributed by atoms with van der Waals surface area (Å²) in [5, 5.41) is 0. The minimum atomic E-state index is 0.635. The molecule has 0 unspecified atom stereocenters. The normalized spacial score (nSPS) is 11.5. The summed E-state index contributed by atoms with van der Waals surface area (Å²) >= 11 is 0. The van der Waals surface area contributed by atoms with E-state index in [0.29, 0.717) is 5.70 Å². The van der Waals surface area contributed by atoms with Crippen LogP contribution in [0.4, 0.5) is 0 Å². The van der Waals surface area contributed by atoms with Gasteiger partial charge in [-0.25, -0.2) is 0 Å². The van der Waals surface area contributed by atoms with Crippen LogP contribution in [-0.4, -0.2) is 0 Å². The molecule has 1 rings (SSSR count). The Morgan fingerprint density at radius 2 is 2.13 bits per heavy atom. The Hall–Kier alpha value is -1.50. The molecule has 0 aliphatic heterocycles. The highest BCUT2D eigenvalue weighted by Gasteiger charge is 2.06. The van der Waals surface area contributed by atoms with Gasteiger partial charge in [-0.2, -0.15) is 0 Å². The van der Waals surface area contributed by atoms with Crippen LogP contribution in [0.3, 0.4) is 0 Å². The molecule has 0 atom stereocenters. The smallest absolute Gasteiger partial charge is 0.0317 e. The van der Waals surface area contributed by atoms with Crippen molar-refractivity contribution < 1.29 is 0 Å². The molecule has 1 heteroatoms. The standard InChI is InChI=1S/C14H19N/c1-5-12-9-10(3)7-8-14(12)13(6-2)11(4)15/h6-9H,4-5,15H2,1-3H3/b13-6-. The van der Waals surface area contributed by atoms with E-state index in [1.807, 2.05) is 13.0 Å². The van der Waals surface area contributed by atoms with Crippen molar-refractivity contribution >= 4 is 5.57 Å². The van der Waals surface area contributed by atoms with Crippen LogP contribution in [0.15, 0.2) is 36.6 Å². The van der Waals surface area contributed by atoms with Gasteiger partial charge in [-0.15, -0.1) is 0 Å². The van der Waals surface area contributed by atoms with Gasteiger partial charge in [0, 0.05) is 11.3 Å². The third-order valence-corrected chi connectivity index (χ3v) is 2.57. The fourth-order valence-corrected chi connectivity index (χ4v) is 1.79. The van der Waals surface area contributed by atoms with E-state index in [1.54, 1.807) is 0 Å². The first kappa shape index (κ1) is 11.6. The Kier molecular flexibility index (Phi) is 3.73. The van der Waals surface area contributed by atoms with E-state index in [9.17, 15) is 0 Å². The molecule has 0 aromatic heterocycles. The molecule has 0 spiro atoms. The molecule has 1 nitrogen and oxygen atoms in total. The average Bonchev–Trinajstić information content (AvgIpc) is 2.20. The summed E-state index contributed by atoms with van der Waals surface area (Å²) < 4.78 is 0. The summed E-state index contributed by atoms with van der Waals surface area (Å²) in [4.78, 5) is 0. The summed E-state index contributed by atoms with van der Waals surface area (Å²) in [6.07, 6.45) is 3.04. The van der Waals surface area contributed by atoms with Gasteiger partial charge in [0.25, 0.3) is 0 Å². The van der Waals surface area contributed by atoms with E-state index in [0.717, 1.165) is 12.0 Å². The molecule has 0 saturated carbocycles. The van der Waals surface area contributed by atoms with Gasteiger partial charge in [-0.3, -0.25) is 0 Å². The van der Waals surface area contributed by atoms with E-state index >= 15 is 0 Å². The lowest BCUT2D eigenvalue weighted by molar-refractivity contribution is 1.12. The molecule has 0 saturated heterocycles. The molecule has 1 aromatic rings. The zero-order valence-corrected chi connectivity index (χ0v) is 9.80. The average molecular weight is 201 g/mol. The summed E-state index contributed by atoms with van der Waals surface area (Å²) in [6.45, 7) is 10.1. The van der Waals surface area contributed by atoms with E-state index in [4.69, 9.17) is 5.73 Å². The maximum atomic E-state index is 5.78. The van der Waals surface area contributed by atoms with Gasteiger partial charge < -0.3 is 5.73 Å². The maximum Gasteiger partial charge on any atom is 0.0317 e. The molecule has 15 heavy (non-hydrogen) atoms. The van der Waals surface area contributed by atoms with Gasteiger partial charge in [0.15, 0.2) is 0 Å². The van der Waals surface area contributed by atoms with Crippen molar-refractivity contribution in [2.75, 3.05) is 0 Å². The number of aryl methyl sites for hydroxylation is 2. The summed E-state index contributed by atoms with van der Waals surface area (Å²) in [7, 11) is 0. The van der Waals surface area contributed by atoms with Crippen LogP contribution >= 0.6 is 0 Å². The molecule has 0 heterocycles. The van der Waals surface area contributed by atoms with Crippen LogP contribution in [0.5, 0.6) is 0 Å². The number of benzene rings is 1. The van der Waals surface area contributed by atoms with E-state index in [2.05, 4.69) is 38.6 Å². The maximum absolute atomic E-state index is 5.78. The topological polar surface area (TPSA) is 26.0 Å². The van der Waals surface area contributed by atoms with Crippen LogP contribution in [0.1, 0.15) is 30.5 Å². The molecule has 0 fully saturated rings. The van der Waals surface area contributed by atoms with Crippen LogP contribution in [0, 0.1) is 6.92 Å². The summed E-state index contributed by atoms with van der Waals surface area (Å²) in [6, 6.07) is 6.45. The zero-order valence-electron chi connectivity index (χ0n) is 9.80. The van der Waals surface area contributed by atoms with Crippen molar-refractivity contribution in [3.8, 4) is 0 Å². The third kappa shape index (κ3) is 2.50. The summed E-state index contributed by atoms with van der Waals surface area (Å²) in [5.41, 5.74) is 11.3. The molecular formula is C14H19N. The van der Waals surface area contributed by atoms with E-state index in [-0.39, 0.29) is 0 Å². The van der Waals surface area contributed by atoms with Gasteiger partial charge >= 0.3 is 0 Å². The van der Waals surface area contributed by atoms with Crippen LogP contribution < -0.4 is 5.73 Å². The first-order chi connectivity index (χ1) is 7.10. The lowest BCUT2D eigenvalue weighted by Gasteiger charge is -2.12. The van der Waals surface area contributed by atoms with E-state index in [1.165, 1.54) is 16.7 Å². The van der Waals surface area contributed by atoms with Crippen molar-refractivity contribution in [2.24, 2.45) is 5.73 Å². The van der Waals surface area contributed by atoms with Gasteiger partial charge in [-0.05, 0) is 31.4 Å². The Bertz CT molecular complexity index is 400. The largest absolute Gasteiger partial charge is 0.399 e. The predicted octanol–water partition coefficient (Wildman–Crippen LogP) is 3.43. The first-order valence-corrected chi connectivity index (χ1v) is 5.31. The quantitative estimate of drug-likeness (QED) is 0.745. The molecule has 80 valence electrons. The van der Waals surface area contributed by atoms with Gasteiger partial charge in [0.05, 0.1) is 0 Å². The molecule has 0 aliphatic rings. The molecule has 0 bridgehead atoms. The van der Waals surface area contributed by atoms with Gasteiger partial charge in [0.2, 0.25) is 0 Å². The Balaban J connectivity index is 3.30. The third-order valence-electron chi connectivity index (χ3n) is 2.57. The number of rotatable bonds is 3. The Morgan fingerprint density at radius 3 is 2.60 bits per heavy atom. The molecule has 0 radical (unpaired) electrons.